The summed E-state index contributed by atoms with van der Waals surface area (Å²) in [4.78, 5) is 8.39. The molecule has 0 aliphatic carbocycles. The molecule has 0 bridgehead atoms. The van der Waals surface area contributed by atoms with E-state index in [1.165, 1.54) is 13.2 Å². The number of benzene rings is 2. The number of fused-ring (bicyclic) bond motifs is 1. The number of rotatable bonds is 4. The molecular formula is C24H19N3O3S. The lowest BCUT2D eigenvalue weighted by molar-refractivity contribution is 0.419. The summed E-state index contributed by atoms with van der Waals surface area (Å²) in [6.45, 7) is 1.93. The first-order chi connectivity index (χ1) is 15.0. The number of hydrogen-bond donors (Lipinski definition) is 1. The number of ether oxygens (including phenoxy) is 1. The summed E-state index contributed by atoms with van der Waals surface area (Å²) >= 11 is 0. The monoisotopic (exact) mass is 429 g/mol. The molecule has 1 N–H and O–H groups in total. The van der Waals surface area contributed by atoms with Gasteiger partial charge >= 0.3 is 0 Å². The van der Waals surface area contributed by atoms with Gasteiger partial charge in [-0.2, -0.15) is 0 Å². The van der Waals surface area contributed by atoms with Gasteiger partial charge in [0.1, 0.15) is 10.6 Å². The van der Waals surface area contributed by atoms with Gasteiger partial charge in [-0.1, -0.05) is 17.9 Å². The van der Waals surface area contributed by atoms with Crippen molar-refractivity contribution >= 4 is 26.6 Å². The number of aromatic nitrogens is 2. The van der Waals surface area contributed by atoms with E-state index in [2.05, 4.69) is 26.5 Å². The van der Waals surface area contributed by atoms with E-state index in [1.54, 1.807) is 48.9 Å². The van der Waals surface area contributed by atoms with Crippen LogP contribution < -0.4 is 9.46 Å². The van der Waals surface area contributed by atoms with Gasteiger partial charge in [-0.3, -0.25) is 14.7 Å². The number of nitrogens with zero attached hydrogens (tertiary/aromatic N) is 2. The lowest BCUT2D eigenvalue weighted by atomic mass is 10.1. The molecule has 6 nitrogen and oxygen atoms in total. The topological polar surface area (TPSA) is 81.2 Å². The molecule has 0 atom stereocenters. The molecule has 0 radical (unpaired) electrons. The molecule has 2 aromatic heterocycles. The van der Waals surface area contributed by atoms with Crippen LogP contribution >= 0.6 is 0 Å². The van der Waals surface area contributed by atoms with Gasteiger partial charge in [0.25, 0.3) is 10.0 Å². The van der Waals surface area contributed by atoms with Crippen LogP contribution in [0.5, 0.6) is 5.75 Å². The summed E-state index contributed by atoms with van der Waals surface area (Å²) in [6.07, 6.45) is 4.88. The quantitative estimate of drug-likeness (QED) is 0.493. The molecule has 7 heteroatoms. The van der Waals surface area contributed by atoms with Crippen molar-refractivity contribution in [3.05, 3.63) is 89.9 Å². The molecule has 0 saturated heterocycles. The van der Waals surface area contributed by atoms with Gasteiger partial charge in [-0.05, 0) is 61.0 Å². The van der Waals surface area contributed by atoms with Crippen LogP contribution in [0.4, 0.5) is 5.69 Å². The van der Waals surface area contributed by atoms with Crippen LogP contribution in [0.15, 0.2) is 78.1 Å². The third kappa shape index (κ3) is 4.34. The van der Waals surface area contributed by atoms with E-state index >= 15 is 0 Å². The molecule has 0 aliphatic rings. The fraction of sp³-hybridized carbons (Fsp3) is 0.0833. The van der Waals surface area contributed by atoms with Crippen LogP contribution in [0.2, 0.25) is 0 Å². The Hall–Kier alpha value is -3.89. The van der Waals surface area contributed by atoms with Gasteiger partial charge in [0.15, 0.2) is 0 Å². The summed E-state index contributed by atoms with van der Waals surface area (Å²) in [5.74, 6) is 6.63. The van der Waals surface area contributed by atoms with Crippen LogP contribution in [-0.4, -0.2) is 25.5 Å². The Bertz CT molecular complexity index is 1420. The zero-order valence-electron chi connectivity index (χ0n) is 17.0. The van der Waals surface area contributed by atoms with E-state index < -0.39 is 10.0 Å². The van der Waals surface area contributed by atoms with Gasteiger partial charge in [0, 0.05) is 35.1 Å². The van der Waals surface area contributed by atoms with Crippen molar-refractivity contribution in [2.24, 2.45) is 0 Å². The number of methoxy groups -OCH3 is 1. The summed E-state index contributed by atoms with van der Waals surface area (Å²) in [7, 11) is -2.40. The van der Waals surface area contributed by atoms with Crippen LogP contribution in [0.1, 0.15) is 16.7 Å². The van der Waals surface area contributed by atoms with Crippen molar-refractivity contribution in [2.45, 2.75) is 11.8 Å². The zero-order valence-corrected chi connectivity index (χ0v) is 17.8. The number of anilines is 1. The van der Waals surface area contributed by atoms with Crippen LogP contribution in [0.25, 0.3) is 10.9 Å². The summed E-state index contributed by atoms with van der Waals surface area (Å²) in [6, 6.07) is 15.6. The average molecular weight is 430 g/mol. The molecule has 154 valence electrons. The highest BCUT2D eigenvalue weighted by molar-refractivity contribution is 7.93. The number of nitrogens with one attached hydrogen (secondary N) is 1. The normalized spacial score (nSPS) is 10.9. The molecule has 0 saturated carbocycles. The van der Waals surface area contributed by atoms with Crippen molar-refractivity contribution in [1.29, 1.82) is 0 Å². The van der Waals surface area contributed by atoms with E-state index in [0.29, 0.717) is 27.9 Å². The van der Waals surface area contributed by atoms with E-state index in [9.17, 15) is 8.42 Å². The minimum absolute atomic E-state index is 0.0654. The van der Waals surface area contributed by atoms with Gasteiger partial charge in [-0.15, -0.1) is 0 Å². The highest BCUT2D eigenvalue weighted by Gasteiger charge is 2.21. The fourth-order valence-electron chi connectivity index (χ4n) is 3.14. The van der Waals surface area contributed by atoms with Gasteiger partial charge in [0.05, 0.1) is 18.3 Å². The average Bonchev–Trinajstić information content (AvgIpc) is 2.79. The molecule has 0 fully saturated rings. The number of hydrogen-bond acceptors (Lipinski definition) is 5. The second-order valence-corrected chi connectivity index (χ2v) is 8.46. The van der Waals surface area contributed by atoms with Crippen LogP contribution in [0.3, 0.4) is 0 Å². The first-order valence-electron chi connectivity index (χ1n) is 9.45. The number of aryl methyl sites for hydroxylation is 1. The SMILES string of the molecule is COc1ccc(S(=O)(=O)Nc2ccc(C)cc2C#Cc2cccnc2)c2ncccc12. The maximum atomic E-state index is 13.3. The smallest absolute Gasteiger partial charge is 0.264 e. The Morgan fingerprint density at radius 3 is 2.61 bits per heavy atom. The van der Waals surface area contributed by atoms with Gasteiger partial charge < -0.3 is 4.74 Å². The van der Waals surface area contributed by atoms with Crippen LogP contribution in [-0.2, 0) is 10.0 Å². The Morgan fingerprint density at radius 2 is 1.84 bits per heavy atom. The third-order valence-corrected chi connectivity index (χ3v) is 6.02. The molecule has 4 rings (SSSR count). The first-order valence-corrected chi connectivity index (χ1v) is 10.9. The van der Waals surface area contributed by atoms with Crippen molar-refractivity contribution in [3.8, 4) is 17.6 Å². The minimum atomic E-state index is -3.93. The molecule has 0 amide bonds. The first kappa shape index (κ1) is 20.4. The van der Waals surface area contributed by atoms with Crippen molar-refractivity contribution < 1.29 is 13.2 Å². The fourth-order valence-corrected chi connectivity index (χ4v) is 4.38. The van der Waals surface area contributed by atoms with E-state index in [4.69, 9.17) is 4.74 Å². The van der Waals surface area contributed by atoms with Gasteiger partial charge in [-0.25, -0.2) is 8.42 Å². The highest BCUT2D eigenvalue weighted by Crippen LogP contribution is 2.31. The molecule has 4 aromatic rings. The molecular weight excluding hydrogens is 410 g/mol. The lowest BCUT2D eigenvalue weighted by Crippen LogP contribution is -2.15. The largest absolute Gasteiger partial charge is 0.496 e. The minimum Gasteiger partial charge on any atom is -0.496 e. The summed E-state index contributed by atoms with van der Waals surface area (Å²) in [5, 5.41) is 0.619. The number of sulfonamides is 1. The summed E-state index contributed by atoms with van der Waals surface area (Å²) in [5.41, 5.74) is 3.00. The molecule has 0 unspecified atom stereocenters. The van der Waals surface area contributed by atoms with E-state index in [-0.39, 0.29) is 4.90 Å². The second kappa shape index (κ2) is 8.46. The predicted molar refractivity (Wildman–Crippen MR) is 120 cm³/mol. The Labute approximate surface area is 181 Å². The zero-order chi connectivity index (χ0) is 21.8. The highest BCUT2D eigenvalue weighted by atomic mass is 32.2. The maximum Gasteiger partial charge on any atom is 0.264 e. The van der Waals surface area contributed by atoms with E-state index in [0.717, 1.165) is 11.1 Å². The Balaban J connectivity index is 1.77. The molecule has 0 spiro atoms. The van der Waals surface area contributed by atoms with Gasteiger partial charge in [0.2, 0.25) is 0 Å². The lowest BCUT2D eigenvalue weighted by Gasteiger charge is -2.13. The van der Waals surface area contributed by atoms with E-state index in [1.807, 2.05) is 25.1 Å². The van der Waals surface area contributed by atoms with Crippen molar-refractivity contribution in [2.75, 3.05) is 11.8 Å². The molecule has 31 heavy (non-hydrogen) atoms. The third-order valence-electron chi connectivity index (χ3n) is 4.62. The Morgan fingerprint density at radius 1 is 1.00 bits per heavy atom. The second-order valence-electron chi connectivity index (χ2n) is 6.81. The molecule has 2 aromatic carbocycles. The maximum absolute atomic E-state index is 13.3. The molecule has 0 aliphatic heterocycles. The Kier molecular flexibility index (Phi) is 5.56. The number of pyridine rings is 2. The summed E-state index contributed by atoms with van der Waals surface area (Å²) < 4.78 is 34.6. The van der Waals surface area contributed by atoms with Crippen LogP contribution in [0, 0.1) is 18.8 Å². The standard InChI is InChI=1S/C24H19N3O3S/c1-17-7-10-21(19(15-17)9-8-18-5-3-13-25-16-18)27-31(28,29)23-12-11-22(30-2)20-6-4-14-26-24(20)23/h3-7,10-16,27H,1-2H3. The predicted octanol–water partition coefficient (Wildman–Crippen LogP) is 4.15. The molecule has 2 heterocycles. The van der Waals surface area contributed by atoms with Crippen molar-refractivity contribution in [3.63, 3.8) is 0 Å². The van der Waals surface area contributed by atoms with Crippen molar-refractivity contribution in [1.82, 2.24) is 9.97 Å².